The van der Waals surface area contributed by atoms with Gasteiger partial charge in [0.1, 0.15) is 0 Å². The number of rotatable bonds is 1. The molecule has 2 rings (SSSR count). The Morgan fingerprint density at radius 2 is 0.867 bits per heavy atom. The van der Waals surface area contributed by atoms with Gasteiger partial charge in [0.15, 0.2) is 0 Å². The van der Waals surface area contributed by atoms with Gasteiger partial charge in [-0.1, -0.05) is 60.7 Å². The second kappa shape index (κ2) is 6.30. The van der Waals surface area contributed by atoms with Crippen LogP contribution in [0.2, 0.25) is 0 Å². The largest absolute Gasteiger partial charge is 0.242 e. The summed E-state index contributed by atoms with van der Waals surface area (Å²) in [5.74, 6) is 0. The van der Waals surface area contributed by atoms with Gasteiger partial charge in [0.2, 0.25) is 0 Å². The first-order valence-electron chi connectivity index (χ1n) is 4.57. The highest BCUT2D eigenvalue weighted by Crippen LogP contribution is 2.17. The molecule has 0 unspecified atom stereocenters. The summed E-state index contributed by atoms with van der Waals surface area (Å²) in [5, 5.41) is 11.2. The molecule has 15 heavy (non-hydrogen) atoms. The van der Waals surface area contributed by atoms with Crippen LogP contribution < -0.4 is 0 Å². The van der Waals surface area contributed by atoms with Gasteiger partial charge in [-0.05, 0) is 11.1 Å². The van der Waals surface area contributed by atoms with E-state index in [9.17, 15) is 0 Å². The van der Waals surface area contributed by atoms with Gasteiger partial charge in [-0.25, -0.2) is 10.8 Å². The smallest absolute Gasteiger partial charge is 0.0831 e. The lowest BCUT2D eigenvalue weighted by Gasteiger charge is -1.98. The van der Waals surface area contributed by atoms with Crippen molar-refractivity contribution in [2.75, 3.05) is 0 Å². The Labute approximate surface area is 89.2 Å². The summed E-state index contributed by atoms with van der Waals surface area (Å²) in [7, 11) is 0. The molecule has 2 aromatic rings. The predicted molar refractivity (Wildman–Crippen MR) is 62.3 cm³/mol. The van der Waals surface area contributed by atoms with Crippen molar-refractivity contribution in [3.05, 3.63) is 60.7 Å². The number of hydrogen-bond donors (Lipinski definition) is 2. The summed E-state index contributed by atoms with van der Waals surface area (Å²) in [5.41, 5.74) is 2.55. The molecule has 0 bridgehead atoms. The van der Waals surface area contributed by atoms with Gasteiger partial charge in [0.05, 0.1) is 6.01 Å². The average molecular weight is 196 g/mol. The third-order valence-corrected chi connectivity index (χ3v) is 1.88. The minimum Gasteiger partial charge on any atom is -0.242 e. The third-order valence-electron chi connectivity index (χ3n) is 1.88. The van der Waals surface area contributed by atoms with E-state index < -0.39 is 0 Å². The molecule has 0 aromatic heterocycles. The van der Waals surface area contributed by atoms with Crippen LogP contribution in [0, 0.1) is 10.8 Å². The zero-order chi connectivity index (χ0) is 10.9. The lowest BCUT2D eigenvalue weighted by atomic mass is 10.1. The Balaban J connectivity index is 0.000000337. The molecule has 2 nitrogen and oxygen atoms in total. The molecule has 2 heteroatoms. The van der Waals surface area contributed by atoms with E-state index >= 15 is 0 Å². The monoisotopic (exact) mass is 196 g/mol. The normalized spacial score (nSPS) is 8.27. The Morgan fingerprint density at radius 1 is 0.600 bits per heavy atom. The van der Waals surface area contributed by atoms with Crippen molar-refractivity contribution in [1.82, 2.24) is 0 Å². The van der Waals surface area contributed by atoms with E-state index in [0.29, 0.717) is 0 Å². The van der Waals surface area contributed by atoms with Gasteiger partial charge in [-0.15, -0.1) is 0 Å². The number of hydrogen-bond acceptors (Lipinski definition) is 2. The first-order valence-corrected chi connectivity index (χ1v) is 4.57. The van der Waals surface area contributed by atoms with Crippen molar-refractivity contribution in [2.24, 2.45) is 0 Å². The Morgan fingerprint density at radius 3 is 1.13 bits per heavy atom. The molecule has 0 fully saturated rings. The minimum absolute atomic E-state index is 1.25. The molecule has 2 aromatic carbocycles. The summed E-state index contributed by atoms with van der Waals surface area (Å²) < 4.78 is 0. The molecule has 74 valence electrons. The van der Waals surface area contributed by atoms with Crippen molar-refractivity contribution in [1.29, 1.82) is 10.8 Å². The molecule has 0 saturated carbocycles. The number of benzene rings is 2. The summed E-state index contributed by atoms with van der Waals surface area (Å²) >= 11 is 0. The Kier molecular flexibility index (Phi) is 4.58. The van der Waals surface area contributed by atoms with Crippen LogP contribution in [0.25, 0.3) is 11.1 Å². The van der Waals surface area contributed by atoms with E-state index in [-0.39, 0.29) is 0 Å². The summed E-state index contributed by atoms with van der Waals surface area (Å²) in [4.78, 5) is 0. The molecule has 0 atom stereocenters. The van der Waals surface area contributed by atoms with Crippen molar-refractivity contribution < 1.29 is 0 Å². The van der Waals surface area contributed by atoms with E-state index in [1.54, 1.807) is 0 Å². The SMILES string of the molecule is N=C=N.c1ccc(-c2ccccc2)cc1. The van der Waals surface area contributed by atoms with E-state index in [4.69, 9.17) is 10.8 Å². The van der Waals surface area contributed by atoms with Gasteiger partial charge in [-0.2, -0.15) is 0 Å². The average Bonchev–Trinajstić information content (AvgIpc) is 2.32. The first-order chi connectivity index (χ1) is 7.38. The van der Waals surface area contributed by atoms with E-state index in [1.807, 2.05) is 12.1 Å². The fraction of sp³-hybridized carbons (Fsp3) is 0. The maximum atomic E-state index is 5.62. The highest BCUT2D eigenvalue weighted by atomic mass is 14.4. The highest BCUT2D eigenvalue weighted by molar-refractivity contribution is 5.62. The van der Waals surface area contributed by atoms with Crippen LogP contribution in [0.15, 0.2) is 60.7 Å². The van der Waals surface area contributed by atoms with E-state index in [2.05, 4.69) is 48.5 Å². The molecule has 0 aliphatic rings. The Hall–Kier alpha value is -2.18. The maximum Gasteiger partial charge on any atom is 0.0831 e. The van der Waals surface area contributed by atoms with Crippen molar-refractivity contribution in [3.8, 4) is 11.1 Å². The molecule has 0 aliphatic carbocycles. The van der Waals surface area contributed by atoms with Crippen LogP contribution in [-0.4, -0.2) is 6.01 Å². The summed E-state index contributed by atoms with van der Waals surface area (Å²) in [6.45, 7) is 0. The quantitative estimate of drug-likeness (QED) is 0.654. The van der Waals surface area contributed by atoms with Gasteiger partial charge < -0.3 is 0 Å². The van der Waals surface area contributed by atoms with Crippen molar-refractivity contribution in [2.45, 2.75) is 0 Å². The topological polar surface area (TPSA) is 47.7 Å². The lowest BCUT2D eigenvalue weighted by Crippen LogP contribution is -1.73. The van der Waals surface area contributed by atoms with Crippen LogP contribution in [0.4, 0.5) is 0 Å². The molecule has 0 heterocycles. The standard InChI is InChI=1S/C12H10.CH2N2/c1-3-7-11(8-4-1)12-9-5-2-6-10-12;2-1-3/h1-10H;2-3H. The molecule has 0 aliphatic heterocycles. The molecule has 0 amide bonds. The highest BCUT2D eigenvalue weighted by Gasteiger charge is 1.91. The van der Waals surface area contributed by atoms with Crippen LogP contribution in [-0.2, 0) is 0 Å². The lowest BCUT2D eigenvalue weighted by molar-refractivity contribution is 1.47. The second-order valence-electron chi connectivity index (χ2n) is 2.86. The molecular formula is C13H12N2. The van der Waals surface area contributed by atoms with Crippen molar-refractivity contribution >= 4 is 6.01 Å². The second-order valence-corrected chi connectivity index (χ2v) is 2.86. The summed E-state index contributed by atoms with van der Waals surface area (Å²) in [6, 6.07) is 22.0. The predicted octanol–water partition coefficient (Wildman–Crippen LogP) is 3.67. The zero-order valence-corrected chi connectivity index (χ0v) is 8.27. The van der Waals surface area contributed by atoms with E-state index in [1.165, 1.54) is 17.1 Å². The molecule has 2 N–H and O–H groups in total. The Bertz CT molecular complexity index is 377. The van der Waals surface area contributed by atoms with Gasteiger partial charge >= 0.3 is 0 Å². The van der Waals surface area contributed by atoms with E-state index in [0.717, 1.165) is 0 Å². The van der Waals surface area contributed by atoms with Crippen LogP contribution in [0.1, 0.15) is 0 Å². The van der Waals surface area contributed by atoms with Gasteiger partial charge in [-0.3, -0.25) is 0 Å². The first kappa shape index (κ1) is 10.9. The third kappa shape index (κ3) is 3.59. The zero-order valence-electron chi connectivity index (χ0n) is 8.27. The molecular weight excluding hydrogens is 184 g/mol. The maximum absolute atomic E-state index is 5.62. The van der Waals surface area contributed by atoms with Crippen LogP contribution in [0.3, 0.4) is 0 Å². The minimum atomic E-state index is 1.25. The van der Waals surface area contributed by atoms with Crippen molar-refractivity contribution in [3.63, 3.8) is 0 Å². The number of nitrogens with one attached hydrogen (secondary N) is 2. The van der Waals surface area contributed by atoms with Crippen LogP contribution in [0.5, 0.6) is 0 Å². The molecule has 0 radical (unpaired) electrons. The molecule has 0 spiro atoms. The fourth-order valence-corrected chi connectivity index (χ4v) is 1.26. The summed E-state index contributed by atoms with van der Waals surface area (Å²) in [6.07, 6.45) is 0. The van der Waals surface area contributed by atoms with Crippen LogP contribution >= 0.6 is 0 Å². The molecule has 0 saturated heterocycles. The van der Waals surface area contributed by atoms with Gasteiger partial charge in [0, 0.05) is 0 Å². The van der Waals surface area contributed by atoms with Gasteiger partial charge in [0.25, 0.3) is 0 Å². The fourth-order valence-electron chi connectivity index (χ4n) is 1.26.